The summed E-state index contributed by atoms with van der Waals surface area (Å²) < 4.78 is 6.68. The van der Waals surface area contributed by atoms with Crippen LogP contribution in [0.5, 0.6) is 0 Å². The van der Waals surface area contributed by atoms with E-state index in [9.17, 15) is 4.79 Å². The van der Waals surface area contributed by atoms with Crippen LogP contribution in [0, 0.1) is 6.92 Å². The number of hydrogen-bond donors (Lipinski definition) is 1. The van der Waals surface area contributed by atoms with Crippen LogP contribution in [0.15, 0.2) is 59.8 Å². The minimum absolute atomic E-state index is 0.198. The lowest BCUT2D eigenvalue weighted by Gasteiger charge is -2.09. The van der Waals surface area contributed by atoms with Gasteiger partial charge >= 0.3 is 0 Å². The molecule has 4 rings (SSSR count). The number of aryl methyl sites for hydroxylation is 1. The van der Waals surface area contributed by atoms with Crippen LogP contribution in [0.1, 0.15) is 21.7 Å². The van der Waals surface area contributed by atoms with Gasteiger partial charge < -0.3 is 9.84 Å². The van der Waals surface area contributed by atoms with Gasteiger partial charge in [-0.25, -0.2) is 14.6 Å². The number of pyridine rings is 1. The molecular weight excluding hydrogens is 346 g/mol. The first-order chi connectivity index (χ1) is 13.2. The van der Waals surface area contributed by atoms with Gasteiger partial charge in [0.1, 0.15) is 12.7 Å². The van der Waals surface area contributed by atoms with Gasteiger partial charge in [-0.3, -0.25) is 4.79 Å². The van der Waals surface area contributed by atoms with Crippen molar-refractivity contribution in [3.8, 4) is 17.3 Å². The van der Waals surface area contributed by atoms with E-state index in [1.54, 1.807) is 48.4 Å². The van der Waals surface area contributed by atoms with E-state index in [1.807, 2.05) is 12.1 Å². The molecule has 4 aromatic rings. The third-order valence-corrected chi connectivity index (χ3v) is 3.86. The Labute approximate surface area is 154 Å². The van der Waals surface area contributed by atoms with Crippen LogP contribution in [0.25, 0.3) is 17.3 Å². The summed E-state index contributed by atoms with van der Waals surface area (Å²) in [5, 5.41) is 10.7. The SMILES string of the molecule is Cc1noc(-c2ccc(C(=O)NCc3cccnc3-n3cncn3)cc2)n1. The zero-order valence-electron chi connectivity index (χ0n) is 14.4. The highest BCUT2D eigenvalue weighted by atomic mass is 16.5. The predicted molar refractivity (Wildman–Crippen MR) is 94.8 cm³/mol. The Bertz CT molecular complexity index is 1060. The second-order valence-corrected chi connectivity index (χ2v) is 5.73. The number of hydrogen-bond acceptors (Lipinski definition) is 7. The lowest BCUT2D eigenvalue weighted by Crippen LogP contribution is -2.23. The van der Waals surface area contributed by atoms with E-state index >= 15 is 0 Å². The van der Waals surface area contributed by atoms with Crippen molar-refractivity contribution in [2.75, 3.05) is 0 Å². The molecule has 1 amide bonds. The van der Waals surface area contributed by atoms with E-state index < -0.39 is 0 Å². The quantitative estimate of drug-likeness (QED) is 0.578. The summed E-state index contributed by atoms with van der Waals surface area (Å²) in [4.78, 5) is 24.8. The molecule has 27 heavy (non-hydrogen) atoms. The fourth-order valence-corrected chi connectivity index (χ4v) is 2.55. The monoisotopic (exact) mass is 361 g/mol. The van der Waals surface area contributed by atoms with E-state index in [2.05, 4.69) is 30.5 Å². The number of nitrogens with one attached hydrogen (secondary N) is 1. The van der Waals surface area contributed by atoms with E-state index in [0.717, 1.165) is 11.1 Å². The number of amides is 1. The third kappa shape index (κ3) is 3.56. The van der Waals surface area contributed by atoms with Gasteiger partial charge in [0, 0.05) is 29.4 Å². The number of benzene rings is 1. The maximum absolute atomic E-state index is 12.5. The molecule has 3 aromatic heterocycles. The van der Waals surface area contributed by atoms with Gasteiger partial charge in [-0.15, -0.1) is 0 Å². The normalized spacial score (nSPS) is 10.7. The molecular formula is C18H15N7O2. The molecule has 0 aliphatic rings. The second-order valence-electron chi connectivity index (χ2n) is 5.73. The molecule has 0 aliphatic carbocycles. The van der Waals surface area contributed by atoms with Crippen LogP contribution in [0.4, 0.5) is 0 Å². The van der Waals surface area contributed by atoms with Crippen molar-refractivity contribution in [3.05, 3.63) is 72.2 Å². The zero-order chi connectivity index (χ0) is 18.6. The average molecular weight is 361 g/mol. The predicted octanol–water partition coefficient (Wildman–Crippen LogP) is 1.95. The molecule has 0 saturated carbocycles. The molecule has 9 heteroatoms. The standard InChI is InChI=1S/C18H15N7O2/c1-12-23-18(27-24-12)14-6-4-13(5-7-14)17(26)21-9-15-3-2-8-20-16(15)25-11-19-10-22-25/h2-8,10-11H,9H2,1H3,(H,21,26). The highest BCUT2D eigenvalue weighted by molar-refractivity contribution is 5.94. The number of nitrogens with zero attached hydrogens (tertiary/aromatic N) is 6. The van der Waals surface area contributed by atoms with E-state index in [0.29, 0.717) is 29.6 Å². The molecule has 0 spiro atoms. The number of carbonyl (C=O) groups is 1. The van der Waals surface area contributed by atoms with E-state index in [-0.39, 0.29) is 5.91 Å². The topological polar surface area (TPSA) is 112 Å². The lowest BCUT2D eigenvalue weighted by molar-refractivity contribution is 0.0951. The highest BCUT2D eigenvalue weighted by Crippen LogP contribution is 2.17. The van der Waals surface area contributed by atoms with Crippen molar-refractivity contribution < 1.29 is 9.32 Å². The fraction of sp³-hybridized carbons (Fsp3) is 0.111. The van der Waals surface area contributed by atoms with Gasteiger partial charge in [0.2, 0.25) is 0 Å². The Hall–Kier alpha value is -3.88. The Morgan fingerprint density at radius 1 is 1.22 bits per heavy atom. The fourth-order valence-electron chi connectivity index (χ4n) is 2.55. The molecule has 0 fully saturated rings. The Morgan fingerprint density at radius 3 is 2.78 bits per heavy atom. The molecule has 3 heterocycles. The molecule has 0 unspecified atom stereocenters. The summed E-state index contributed by atoms with van der Waals surface area (Å²) in [6.45, 7) is 2.06. The molecule has 0 aliphatic heterocycles. The van der Waals surface area contributed by atoms with Gasteiger partial charge in [-0.1, -0.05) is 11.2 Å². The van der Waals surface area contributed by atoms with Gasteiger partial charge in [-0.2, -0.15) is 10.1 Å². The highest BCUT2D eigenvalue weighted by Gasteiger charge is 2.11. The van der Waals surface area contributed by atoms with Gasteiger partial charge in [0.15, 0.2) is 11.6 Å². The maximum atomic E-state index is 12.5. The summed E-state index contributed by atoms with van der Waals surface area (Å²) >= 11 is 0. The summed E-state index contributed by atoms with van der Waals surface area (Å²) in [5.41, 5.74) is 2.11. The Kier molecular flexibility index (Phi) is 4.40. The summed E-state index contributed by atoms with van der Waals surface area (Å²) in [6.07, 6.45) is 4.66. The first-order valence-corrected chi connectivity index (χ1v) is 8.18. The summed E-state index contributed by atoms with van der Waals surface area (Å²) in [6, 6.07) is 10.7. The van der Waals surface area contributed by atoms with Crippen molar-refractivity contribution in [1.82, 2.24) is 35.2 Å². The third-order valence-electron chi connectivity index (χ3n) is 3.86. The van der Waals surface area contributed by atoms with Crippen LogP contribution in [-0.2, 0) is 6.54 Å². The number of carbonyl (C=O) groups excluding carboxylic acids is 1. The van der Waals surface area contributed by atoms with Gasteiger partial charge in [0.25, 0.3) is 11.8 Å². The number of aromatic nitrogens is 6. The van der Waals surface area contributed by atoms with E-state index in [1.165, 1.54) is 6.33 Å². The zero-order valence-corrected chi connectivity index (χ0v) is 14.4. The van der Waals surface area contributed by atoms with Crippen LogP contribution in [0.3, 0.4) is 0 Å². The van der Waals surface area contributed by atoms with E-state index in [4.69, 9.17) is 4.52 Å². The molecule has 134 valence electrons. The first-order valence-electron chi connectivity index (χ1n) is 8.18. The molecule has 9 nitrogen and oxygen atoms in total. The summed E-state index contributed by atoms with van der Waals surface area (Å²) in [5.74, 6) is 1.41. The smallest absolute Gasteiger partial charge is 0.257 e. The molecule has 0 atom stereocenters. The van der Waals surface area contributed by atoms with Crippen molar-refractivity contribution in [1.29, 1.82) is 0 Å². The van der Waals surface area contributed by atoms with Crippen molar-refractivity contribution >= 4 is 5.91 Å². The van der Waals surface area contributed by atoms with Crippen molar-refractivity contribution in [2.45, 2.75) is 13.5 Å². The summed E-state index contributed by atoms with van der Waals surface area (Å²) in [7, 11) is 0. The maximum Gasteiger partial charge on any atom is 0.257 e. The molecule has 0 bridgehead atoms. The minimum Gasteiger partial charge on any atom is -0.348 e. The van der Waals surface area contributed by atoms with Gasteiger partial charge in [0.05, 0.1) is 0 Å². The number of rotatable bonds is 5. The van der Waals surface area contributed by atoms with Crippen molar-refractivity contribution in [3.63, 3.8) is 0 Å². The van der Waals surface area contributed by atoms with Gasteiger partial charge in [-0.05, 0) is 37.3 Å². The lowest BCUT2D eigenvalue weighted by atomic mass is 10.1. The average Bonchev–Trinajstić information content (AvgIpc) is 3.38. The van der Waals surface area contributed by atoms with Crippen LogP contribution in [-0.4, -0.2) is 35.8 Å². The van der Waals surface area contributed by atoms with Crippen LogP contribution < -0.4 is 5.32 Å². The minimum atomic E-state index is -0.198. The Balaban J connectivity index is 1.46. The first kappa shape index (κ1) is 16.6. The van der Waals surface area contributed by atoms with Crippen LogP contribution in [0.2, 0.25) is 0 Å². The molecule has 1 N–H and O–H groups in total. The van der Waals surface area contributed by atoms with Crippen LogP contribution >= 0.6 is 0 Å². The van der Waals surface area contributed by atoms with Crippen molar-refractivity contribution in [2.24, 2.45) is 0 Å². The molecule has 0 saturated heterocycles. The second kappa shape index (κ2) is 7.16. The largest absolute Gasteiger partial charge is 0.348 e. The Morgan fingerprint density at radius 2 is 2.07 bits per heavy atom. The molecule has 1 aromatic carbocycles. The molecule has 0 radical (unpaired) electrons.